The molecule has 0 rings (SSSR count). The summed E-state index contributed by atoms with van der Waals surface area (Å²) in [7, 11) is 0. The van der Waals surface area contributed by atoms with E-state index in [1.807, 2.05) is 6.26 Å². The predicted octanol–water partition coefficient (Wildman–Crippen LogP) is 3.51. The molecule has 0 heterocycles. The molecule has 0 saturated carbocycles. The first-order valence-corrected chi connectivity index (χ1v) is 4.68. The lowest BCUT2D eigenvalue weighted by Crippen LogP contribution is -1.84. The maximum Gasteiger partial charge on any atom is 0.0873 e. The van der Waals surface area contributed by atoms with E-state index in [4.69, 9.17) is 4.74 Å². The zero-order chi connectivity index (χ0) is 8.36. The fourth-order valence-electron chi connectivity index (χ4n) is 0.754. The molecule has 0 saturated heterocycles. The van der Waals surface area contributed by atoms with Crippen molar-refractivity contribution in [2.75, 3.05) is 6.61 Å². The Bertz CT molecular complexity index is 86.9. The quantitative estimate of drug-likeness (QED) is 0.405. The second-order valence-corrected chi connectivity index (χ2v) is 2.74. The molecule has 0 bridgehead atoms. The molecule has 0 aromatic heterocycles. The monoisotopic (exact) mass is 156 g/mol. The van der Waals surface area contributed by atoms with Gasteiger partial charge in [0.25, 0.3) is 0 Å². The van der Waals surface area contributed by atoms with Gasteiger partial charge in [0.2, 0.25) is 0 Å². The van der Waals surface area contributed by atoms with Crippen LogP contribution in [0, 0.1) is 0 Å². The van der Waals surface area contributed by atoms with Crippen molar-refractivity contribution in [3.05, 3.63) is 12.3 Å². The Labute approximate surface area is 70.4 Å². The summed E-state index contributed by atoms with van der Waals surface area (Å²) in [6.07, 6.45) is 10.0. The van der Waals surface area contributed by atoms with Crippen LogP contribution in [0.3, 0.4) is 0 Å². The van der Waals surface area contributed by atoms with Crippen molar-refractivity contribution >= 4 is 0 Å². The summed E-state index contributed by atoms with van der Waals surface area (Å²) >= 11 is 0. The van der Waals surface area contributed by atoms with Gasteiger partial charge in [-0.1, -0.05) is 26.7 Å². The van der Waals surface area contributed by atoms with Crippen molar-refractivity contribution in [1.82, 2.24) is 0 Å². The molecule has 1 heteroatoms. The smallest absolute Gasteiger partial charge is 0.0873 e. The van der Waals surface area contributed by atoms with Crippen LogP contribution in [0.2, 0.25) is 0 Å². The Kier molecular flexibility index (Phi) is 9.14. The average molecular weight is 156 g/mol. The van der Waals surface area contributed by atoms with E-state index in [-0.39, 0.29) is 0 Å². The summed E-state index contributed by atoms with van der Waals surface area (Å²) in [6.45, 7) is 5.25. The van der Waals surface area contributed by atoms with Crippen molar-refractivity contribution < 1.29 is 4.74 Å². The van der Waals surface area contributed by atoms with Crippen LogP contribution >= 0.6 is 0 Å². The van der Waals surface area contributed by atoms with Gasteiger partial charge in [-0.3, -0.25) is 0 Å². The first kappa shape index (κ1) is 10.5. The van der Waals surface area contributed by atoms with Crippen LogP contribution in [-0.4, -0.2) is 6.61 Å². The SMILES string of the molecule is CCCCC=COCCCC. The second kappa shape index (κ2) is 9.54. The molecule has 1 nitrogen and oxygen atoms in total. The van der Waals surface area contributed by atoms with Gasteiger partial charge in [0.05, 0.1) is 12.9 Å². The van der Waals surface area contributed by atoms with Crippen LogP contribution in [-0.2, 0) is 4.74 Å². The van der Waals surface area contributed by atoms with Crippen LogP contribution in [0.25, 0.3) is 0 Å². The molecule has 0 amide bonds. The van der Waals surface area contributed by atoms with Crippen molar-refractivity contribution in [2.45, 2.75) is 46.0 Å². The van der Waals surface area contributed by atoms with E-state index in [0.717, 1.165) is 19.4 Å². The Morgan fingerprint density at radius 3 is 2.45 bits per heavy atom. The Morgan fingerprint density at radius 1 is 1.09 bits per heavy atom. The molecule has 0 aromatic carbocycles. The fourth-order valence-corrected chi connectivity index (χ4v) is 0.754. The van der Waals surface area contributed by atoms with Crippen molar-refractivity contribution in [1.29, 1.82) is 0 Å². The van der Waals surface area contributed by atoms with Crippen molar-refractivity contribution in [2.24, 2.45) is 0 Å². The zero-order valence-electron chi connectivity index (χ0n) is 7.81. The third kappa shape index (κ3) is 9.54. The minimum absolute atomic E-state index is 0.874. The van der Waals surface area contributed by atoms with E-state index in [1.54, 1.807) is 0 Å². The van der Waals surface area contributed by atoms with Gasteiger partial charge in [-0.25, -0.2) is 0 Å². The Morgan fingerprint density at radius 2 is 1.82 bits per heavy atom. The lowest BCUT2D eigenvalue weighted by Gasteiger charge is -1.96. The van der Waals surface area contributed by atoms with Gasteiger partial charge in [-0.2, -0.15) is 0 Å². The van der Waals surface area contributed by atoms with Gasteiger partial charge in [0.1, 0.15) is 0 Å². The molecule has 0 unspecified atom stereocenters. The van der Waals surface area contributed by atoms with Crippen LogP contribution in [0.15, 0.2) is 12.3 Å². The Balaban J connectivity index is 2.91. The third-order valence-electron chi connectivity index (χ3n) is 1.53. The van der Waals surface area contributed by atoms with Crippen LogP contribution in [0.4, 0.5) is 0 Å². The number of hydrogen-bond donors (Lipinski definition) is 0. The maximum absolute atomic E-state index is 5.24. The first-order chi connectivity index (χ1) is 5.41. The van der Waals surface area contributed by atoms with E-state index in [9.17, 15) is 0 Å². The van der Waals surface area contributed by atoms with E-state index in [1.165, 1.54) is 19.3 Å². The van der Waals surface area contributed by atoms with Crippen molar-refractivity contribution in [3.8, 4) is 0 Å². The summed E-state index contributed by atoms with van der Waals surface area (Å²) in [5.74, 6) is 0. The molecule has 11 heavy (non-hydrogen) atoms. The second-order valence-electron chi connectivity index (χ2n) is 2.74. The first-order valence-electron chi connectivity index (χ1n) is 4.68. The molecule has 0 spiro atoms. The van der Waals surface area contributed by atoms with E-state index in [0.29, 0.717) is 0 Å². The molecule has 0 aliphatic carbocycles. The molecule has 0 aliphatic heterocycles. The minimum Gasteiger partial charge on any atom is -0.502 e. The Hall–Kier alpha value is -0.460. The van der Waals surface area contributed by atoms with Gasteiger partial charge in [0.15, 0.2) is 0 Å². The molecule has 0 radical (unpaired) electrons. The lowest BCUT2D eigenvalue weighted by atomic mass is 10.2. The van der Waals surface area contributed by atoms with Gasteiger partial charge in [0, 0.05) is 0 Å². The van der Waals surface area contributed by atoms with Crippen molar-refractivity contribution in [3.63, 3.8) is 0 Å². The predicted molar refractivity (Wildman–Crippen MR) is 49.5 cm³/mol. The number of ether oxygens (including phenoxy) is 1. The average Bonchev–Trinajstić information content (AvgIpc) is 2.03. The normalized spacial score (nSPS) is 10.7. The zero-order valence-corrected chi connectivity index (χ0v) is 7.81. The topological polar surface area (TPSA) is 9.23 Å². The highest BCUT2D eigenvalue weighted by Crippen LogP contribution is 1.95. The maximum atomic E-state index is 5.24. The minimum atomic E-state index is 0.874. The highest BCUT2D eigenvalue weighted by molar-refractivity contribution is 4.72. The molecule has 0 N–H and O–H groups in total. The molecule has 0 fully saturated rings. The number of hydrogen-bond acceptors (Lipinski definition) is 1. The van der Waals surface area contributed by atoms with Crippen LogP contribution in [0.5, 0.6) is 0 Å². The summed E-state index contributed by atoms with van der Waals surface area (Å²) in [4.78, 5) is 0. The summed E-state index contributed by atoms with van der Waals surface area (Å²) in [5, 5.41) is 0. The van der Waals surface area contributed by atoms with Gasteiger partial charge < -0.3 is 4.74 Å². The standard InChI is InChI=1S/C10H20O/c1-3-5-7-8-10-11-9-6-4-2/h8,10H,3-7,9H2,1-2H3. The largest absolute Gasteiger partial charge is 0.502 e. The number of unbranched alkanes of at least 4 members (excludes halogenated alkanes) is 3. The van der Waals surface area contributed by atoms with E-state index < -0.39 is 0 Å². The highest BCUT2D eigenvalue weighted by atomic mass is 16.5. The fraction of sp³-hybridized carbons (Fsp3) is 0.800. The summed E-state index contributed by atoms with van der Waals surface area (Å²) < 4.78 is 5.24. The number of rotatable bonds is 7. The summed E-state index contributed by atoms with van der Waals surface area (Å²) in [5.41, 5.74) is 0. The molecular weight excluding hydrogens is 136 g/mol. The molecular formula is C10H20O. The molecule has 0 aliphatic rings. The van der Waals surface area contributed by atoms with Crippen LogP contribution in [0.1, 0.15) is 46.0 Å². The summed E-state index contributed by atoms with van der Waals surface area (Å²) in [6, 6.07) is 0. The molecule has 0 atom stereocenters. The third-order valence-corrected chi connectivity index (χ3v) is 1.53. The van der Waals surface area contributed by atoms with E-state index >= 15 is 0 Å². The van der Waals surface area contributed by atoms with E-state index in [2.05, 4.69) is 19.9 Å². The lowest BCUT2D eigenvalue weighted by molar-refractivity contribution is 0.242. The number of allylic oxidation sites excluding steroid dienone is 1. The van der Waals surface area contributed by atoms with Gasteiger partial charge in [-0.05, 0) is 25.3 Å². The molecule has 66 valence electrons. The van der Waals surface area contributed by atoms with Gasteiger partial charge in [-0.15, -0.1) is 0 Å². The van der Waals surface area contributed by atoms with Gasteiger partial charge >= 0.3 is 0 Å². The molecule has 0 aromatic rings. The highest BCUT2D eigenvalue weighted by Gasteiger charge is 1.80. The van der Waals surface area contributed by atoms with Crippen LogP contribution < -0.4 is 0 Å².